The van der Waals surface area contributed by atoms with Gasteiger partial charge >= 0.3 is 5.97 Å². The van der Waals surface area contributed by atoms with Crippen LogP contribution in [0.2, 0.25) is 0 Å². The van der Waals surface area contributed by atoms with Gasteiger partial charge in [0.15, 0.2) is 0 Å². The van der Waals surface area contributed by atoms with Gasteiger partial charge in [-0.1, -0.05) is 13.8 Å². The van der Waals surface area contributed by atoms with Crippen molar-refractivity contribution in [2.24, 2.45) is 0 Å². The van der Waals surface area contributed by atoms with Crippen molar-refractivity contribution in [3.8, 4) is 0 Å². The smallest absolute Gasteiger partial charge is 0.307 e. The fourth-order valence-corrected chi connectivity index (χ4v) is 2.04. The highest BCUT2D eigenvalue weighted by Gasteiger charge is 2.19. The van der Waals surface area contributed by atoms with E-state index in [1.54, 1.807) is 0 Å². The average molecular weight is 213 g/mol. The molecule has 0 radical (unpaired) electrons. The molecular formula is C12H23NO2. The molecule has 15 heavy (non-hydrogen) atoms. The monoisotopic (exact) mass is 213 g/mol. The molecule has 0 amide bonds. The zero-order chi connectivity index (χ0) is 11.1. The summed E-state index contributed by atoms with van der Waals surface area (Å²) in [6, 6.07) is 0. The van der Waals surface area contributed by atoms with Gasteiger partial charge in [0.1, 0.15) is 6.10 Å². The molecule has 0 atom stereocenters. The highest BCUT2D eigenvalue weighted by Crippen LogP contribution is 2.21. The van der Waals surface area contributed by atoms with Gasteiger partial charge < -0.3 is 9.64 Å². The molecule has 3 nitrogen and oxygen atoms in total. The molecule has 1 fully saturated rings. The van der Waals surface area contributed by atoms with Gasteiger partial charge in [0.05, 0.1) is 6.42 Å². The van der Waals surface area contributed by atoms with Crippen LogP contribution in [0.25, 0.3) is 0 Å². The minimum atomic E-state index is -0.0196. The molecule has 1 aliphatic carbocycles. The number of nitrogens with zero attached hydrogens (tertiary/aromatic N) is 1. The summed E-state index contributed by atoms with van der Waals surface area (Å²) in [7, 11) is 0. The largest absolute Gasteiger partial charge is 0.462 e. The predicted molar refractivity (Wildman–Crippen MR) is 60.8 cm³/mol. The fraction of sp³-hybridized carbons (Fsp3) is 0.917. The number of carbonyl (C=O) groups excluding carboxylic acids is 1. The quantitative estimate of drug-likeness (QED) is 0.633. The zero-order valence-corrected chi connectivity index (χ0v) is 10.00. The van der Waals surface area contributed by atoms with Gasteiger partial charge in [-0.25, -0.2) is 0 Å². The van der Waals surface area contributed by atoms with Gasteiger partial charge in [0.2, 0.25) is 0 Å². The van der Waals surface area contributed by atoms with E-state index in [0.29, 0.717) is 6.42 Å². The van der Waals surface area contributed by atoms with Crippen LogP contribution in [0.4, 0.5) is 0 Å². The van der Waals surface area contributed by atoms with Crippen LogP contribution in [-0.2, 0) is 9.53 Å². The number of hydrogen-bond acceptors (Lipinski definition) is 3. The van der Waals surface area contributed by atoms with Gasteiger partial charge in [-0.3, -0.25) is 4.79 Å². The number of rotatable bonds is 6. The van der Waals surface area contributed by atoms with E-state index >= 15 is 0 Å². The maximum Gasteiger partial charge on any atom is 0.307 e. The van der Waals surface area contributed by atoms with Gasteiger partial charge in [0.25, 0.3) is 0 Å². The molecule has 0 unspecified atom stereocenters. The minimum absolute atomic E-state index is 0.0196. The lowest BCUT2D eigenvalue weighted by Crippen LogP contribution is -2.27. The van der Waals surface area contributed by atoms with Crippen LogP contribution < -0.4 is 0 Å². The highest BCUT2D eigenvalue weighted by atomic mass is 16.5. The summed E-state index contributed by atoms with van der Waals surface area (Å²) in [5.74, 6) is -0.0196. The van der Waals surface area contributed by atoms with Crippen molar-refractivity contribution in [3.63, 3.8) is 0 Å². The molecule has 1 rings (SSSR count). The molecule has 0 aromatic rings. The number of esters is 1. The molecule has 3 heteroatoms. The standard InChI is InChI=1S/C12H23NO2/c1-3-13(4-2)10-9-12(14)15-11-7-5-6-8-11/h11H,3-10H2,1-2H3. The van der Waals surface area contributed by atoms with Crippen molar-refractivity contribution in [2.75, 3.05) is 19.6 Å². The summed E-state index contributed by atoms with van der Waals surface area (Å²) in [5.41, 5.74) is 0. The summed E-state index contributed by atoms with van der Waals surface area (Å²) in [6.45, 7) is 7.08. The van der Waals surface area contributed by atoms with Crippen molar-refractivity contribution in [1.82, 2.24) is 4.90 Å². The Kier molecular flexibility index (Phi) is 5.69. The first kappa shape index (κ1) is 12.5. The van der Waals surface area contributed by atoms with Crippen LogP contribution in [0.5, 0.6) is 0 Å². The number of ether oxygens (including phenoxy) is 1. The second-order valence-corrected chi connectivity index (χ2v) is 4.17. The lowest BCUT2D eigenvalue weighted by Gasteiger charge is -2.18. The molecule has 0 bridgehead atoms. The fourth-order valence-electron chi connectivity index (χ4n) is 2.04. The van der Waals surface area contributed by atoms with Crippen LogP contribution in [-0.4, -0.2) is 36.6 Å². The Morgan fingerprint density at radius 2 is 1.87 bits per heavy atom. The summed E-state index contributed by atoms with van der Waals surface area (Å²) in [5, 5.41) is 0. The van der Waals surface area contributed by atoms with Gasteiger partial charge in [0, 0.05) is 6.54 Å². The van der Waals surface area contributed by atoms with E-state index < -0.39 is 0 Å². The highest BCUT2D eigenvalue weighted by molar-refractivity contribution is 5.69. The van der Waals surface area contributed by atoms with Crippen LogP contribution >= 0.6 is 0 Å². The van der Waals surface area contributed by atoms with E-state index in [2.05, 4.69) is 18.7 Å². The van der Waals surface area contributed by atoms with E-state index in [-0.39, 0.29) is 12.1 Å². The van der Waals surface area contributed by atoms with Gasteiger partial charge in [-0.15, -0.1) is 0 Å². The van der Waals surface area contributed by atoms with Crippen molar-refractivity contribution in [3.05, 3.63) is 0 Å². The first-order chi connectivity index (χ1) is 7.26. The summed E-state index contributed by atoms with van der Waals surface area (Å²) >= 11 is 0. The predicted octanol–water partition coefficient (Wildman–Crippen LogP) is 2.20. The Hall–Kier alpha value is -0.570. The lowest BCUT2D eigenvalue weighted by atomic mass is 10.3. The maximum atomic E-state index is 11.5. The van der Waals surface area contributed by atoms with E-state index in [4.69, 9.17) is 4.74 Å². The summed E-state index contributed by atoms with van der Waals surface area (Å²) in [6.07, 6.45) is 5.32. The van der Waals surface area contributed by atoms with Crippen LogP contribution in [0.1, 0.15) is 46.0 Å². The first-order valence-electron chi connectivity index (χ1n) is 6.18. The number of hydrogen-bond donors (Lipinski definition) is 0. The van der Waals surface area contributed by atoms with E-state index in [1.165, 1.54) is 12.8 Å². The van der Waals surface area contributed by atoms with Crippen molar-refractivity contribution in [2.45, 2.75) is 52.1 Å². The van der Waals surface area contributed by atoms with Gasteiger partial charge in [-0.2, -0.15) is 0 Å². The van der Waals surface area contributed by atoms with Crippen molar-refractivity contribution >= 4 is 5.97 Å². The Balaban J connectivity index is 2.12. The Labute approximate surface area is 92.8 Å². The van der Waals surface area contributed by atoms with Gasteiger partial charge in [-0.05, 0) is 38.8 Å². The Morgan fingerprint density at radius 3 is 2.40 bits per heavy atom. The van der Waals surface area contributed by atoms with E-state index in [1.807, 2.05) is 0 Å². The molecule has 0 heterocycles. The lowest BCUT2D eigenvalue weighted by molar-refractivity contribution is -0.149. The van der Waals surface area contributed by atoms with Crippen molar-refractivity contribution in [1.29, 1.82) is 0 Å². The molecule has 0 aromatic carbocycles. The molecular weight excluding hydrogens is 190 g/mol. The summed E-state index contributed by atoms with van der Waals surface area (Å²) < 4.78 is 5.39. The molecule has 0 aromatic heterocycles. The zero-order valence-electron chi connectivity index (χ0n) is 10.00. The Bertz CT molecular complexity index is 184. The van der Waals surface area contributed by atoms with Crippen molar-refractivity contribution < 1.29 is 9.53 Å². The molecule has 1 aliphatic rings. The SMILES string of the molecule is CCN(CC)CCC(=O)OC1CCCC1. The molecule has 0 spiro atoms. The minimum Gasteiger partial charge on any atom is -0.462 e. The molecule has 0 N–H and O–H groups in total. The maximum absolute atomic E-state index is 11.5. The third-order valence-corrected chi connectivity index (χ3v) is 3.13. The van der Waals surface area contributed by atoms with E-state index in [0.717, 1.165) is 32.5 Å². The molecule has 0 saturated heterocycles. The Morgan fingerprint density at radius 1 is 1.27 bits per heavy atom. The molecule has 0 aliphatic heterocycles. The van der Waals surface area contributed by atoms with E-state index in [9.17, 15) is 4.79 Å². The van der Waals surface area contributed by atoms with Crippen LogP contribution in [0, 0.1) is 0 Å². The third-order valence-electron chi connectivity index (χ3n) is 3.13. The topological polar surface area (TPSA) is 29.5 Å². The normalized spacial score (nSPS) is 17.3. The number of carbonyl (C=O) groups is 1. The second-order valence-electron chi connectivity index (χ2n) is 4.17. The van der Waals surface area contributed by atoms with Crippen LogP contribution in [0.3, 0.4) is 0 Å². The average Bonchev–Trinajstić information content (AvgIpc) is 2.72. The second kappa shape index (κ2) is 6.83. The first-order valence-corrected chi connectivity index (χ1v) is 6.18. The van der Waals surface area contributed by atoms with Crippen LogP contribution in [0.15, 0.2) is 0 Å². The molecule has 1 saturated carbocycles. The third kappa shape index (κ3) is 4.65. The summed E-state index contributed by atoms with van der Waals surface area (Å²) in [4.78, 5) is 13.7. The molecule has 88 valence electrons.